The summed E-state index contributed by atoms with van der Waals surface area (Å²) in [5.74, 6) is -1.09. The van der Waals surface area contributed by atoms with E-state index < -0.39 is 12.1 Å². The molecule has 2 atom stereocenters. The number of ether oxygens (including phenoxy) is 2. The van der Waals surface area contributed by atoms with E-state index in [2.05, 4.69) is 13.8 Å². The van der Waals surface area contributed by atoms with Crippen LogP contribution in [0.1, 0.15) is 64.4 Å². The maximum Gasteiger partial charge on any atom is 0.335 e. The van der Waals surface area contributed by atoms with Gasteiger partial charge in [-0.1, -0.05) is 63.4 Å². The van der Waals surface area contributed by atoms with E-state index in [1.807, 2.05) is 30.3 Å². The molecule has 25 heavy (non-hydrogen) atoms. The molecule has 140 valence electrons. The van der Waals surface area contributed by atoms with Crippen molar-refractivity contribution in [2.45, 2.75) is 77.6 Å². The third kappa shape index (κ3) is 9.25. The predicted molar refractivity (Wildman–Crippen MR) is 95.8 cm³/mol. The average Bonchev–Trinajstić information content (AvgIpc) is 2.63. The number of aliphatic hydroxyl groups excluding tert-OH is 1. The molecule has 0 radical (unpaired) electrons. The van der Waals surface area contributed by atoms with E-state index >= 15 is 0 Å². The van der Waals surface area contributed by atoms with Gasteiger partial charge in [0.05, 0.1) is 0 Å². The van der Waals surface area contributed by atoms with Crippen LogP contribution in [-0.2, 0) is 25.7 Å². The van der Waals surface area contributed by atoms with Gasteiger partial charge in [0.15, 0.2) is 6.10 Å². The number of carbonyl (C=O) groups is 2. The van der Waals surface area contributed by atoms with E-state index in [9.17, 15) is 14.7 Å². The molecule has 1 aromatic rings. The second-order valence-corrected chi connectivity index (χ2v) is 6.19. The van der Waals surface area contributed by atoms with Gasteiger partial charge in [-0.15, -0.1) is 0 Å². The first kappa shape index (κ1) is 21.2. The van der Waals surface area contributed by atoms with Gasteiger partial charge in [0, 0.05) is 6.42 Å². The van der Waals surface area contributed by atoms with Gasteiger partial charge < -0.3 is 14.6 Å². The van der Waals surface area contributed by atoms with E-state index in [-0.39, 0.29) is 31.5 Å². The van der Waals surface area contributed by atoms with E-state index in [0.717, 1.165) is 37.7 Å². The van der Waals surface area contributed by atoms with Crippen LogP contribution in [0.4, 0.5) is 0 Å². The Labute approximate surface area is 150 Å². The molecule has 0 amide bonds. The molecular weight excluding hydrogens is 320 g/mol. The van der Waals surface area contributed by atoms with Crippen LogP contribution < -0.4 is 0 Å². The summed E-state index contributed by atoms with van der Waals surface area (Å²) >= 11 is 0. The largest absolute Gasteiger partial charge is 0.462 e. The Morgan fingerprint density at radius 2 is 1.76 bits per heavy atom. The molecule has 0 bridgehead atoms. The molecule has 1 rings (SSSR count). The van der Waals surface area contributed by atoms with Gasteiger partial charge in [-0.05, 0) is 24.8 Å². The number of rotatable bonds is 12. The van der Waals surface area contributed by atoms with Crippen molar-refractivity contribution in [3.8, 4) is 0 Å². The van der Waals surface area contributed by atoms with Crippen molar-refractivity contribution in [3.63, 3.8) is 0 Å². The molecule has 5 nitrogen and oxygen atoms in total. The van der Waals surface area contributed by atoms with Crippen molar-refractivity contribution in [2.75, 3.05) is 0 Å². The van der Waals surface area contributed by atoms with Crippen LogP contribution in [0, 0.1) is 0 Å². The SMILES string of the molecule is CCCCC(CCC)OC(=O)CCC(O)C(=O)OCc1ccccc1. The molecule has 0 aliphatic carbocycles. The van der Waals surface area contributed by atoms with Crippen molar-refractivity contribution in [2.24, 2.45) is 0 Å². The van der Waals surface area contributed by atoms with E-state index in [1.54, 1.807) is 0 Å². The molecule has 0 aliphatic rings. The zero-order valence-corrected chi connectivity index (χ0v) is 15.3. The number of esters is 2. The van der Waals surface area contributed by atoms with Crippen LogP contribution in [0.2, 0.25) is 0 Å². The van der Waals surface area contributed by atoms with Crippen LogP contribution in [0.5, 0.6) is 0 Å². The normalized spacial score (nSPS) is 13.1. The minimum Gasteiger partial charge on any atom is -0.462 e. The van der Waals surface area contributed by atoms with Gasteiger partial charge in [-0.2, -0.15) is 0 Å². The molecule has 0 spiro atoms. The third-order valence-corrected chi connectivity index (χ3v) is 3.91. The van der Waals surface area contributed by atoms with E-state index in [4.69, 9.17) is 9.47 Å². The fourth-order valence-corrected chi connectivity index (χ4v) is 2.46. The fraction of sp³-hybridized carbons (Fsp3) is 0.600. The van der Waals surface area contributed by atoms with Gasteiger partial charge >= 0.3 is 11.9 Å². The highest BCUT2D eigenvalue weighted by Crippen LogP contribution is 2.13. The highest BCUT2D eigenvalue weighted by molar-refractivity contribution is 5.76. The first-order valence-electron chi connectivity index (χ1n) is 9.14. The summed E-state index contributed by atoms with van der Waals surface area (Å²) in [4.78, 5) is 23.7. The Morgan fingerprint density at radius 3 is 2.40 bits per heavy atom. The Balaban J connectivity index is 2.29. The highest BCUT2D eigenvalue weighted by Gasteiger charge is 2.20. The molecule has 0 aromatic heterocycles. The summed E-state index contributed by atoms with van der Waals surface area (Å²) in [6.45, 7) is 4.26. The Bertz CT molecular complexity index is 500. The molecule has 0 saturated carbocycles. The van der Waals surface area contributed by atoms with Crippen LogP contribution >= 0.6 is 0 Å². The fourth-order valence-electron chi connectivity index (χ4n) is 2.46. The molecule has 5 heteroatoms. The maximum absolute atomic E-state index is 11.9. The minimum atomic E-state index is -1.31. The predicted octanol–water partition coefficient (Wildman–Crippen LogP) is 3.77. The van der Waals surface area contributed by atoms with Crippen LogP contribution in [-0.4, -0.2) is 29.3 Å². The molecule has 0 aliphatic heterocycles. The minimum absolute atomic E-state index is 0.00788. The Kier molecular flexibility index (Phi) is 10.6. The van der Waals surface area contributed by atoms with Gasteiger partial charge in [-0.25, -0.2) is 4.79 Å². The van der Waals surface area contributed by atoms with Gasteiger partial charge in [-0.3, -0.25) is 4.79 Å². The summed E-state index contributed by atoms with van der Waals surface area (Å²) in [6, 6.07) is 9.24. The first-order chi connectivity index (χ1) is 12.1. The summed E-state index contributed by atoms with van der Waals surface area (Å²) in [5, 5.41) is 9.84. The highest BCUT2D eigenvalue weighted by atomic mass is 16.5. The van der Waals surface area contributed by atoms with Gasteiger partial charge in [0.25, 0.3) is 0 Å². The lowest BCUT2D eigenvalue weighted by molar-refractivity contribution is -0.157. The first-order valence-corrected chi connectivity index (χ1v) is 9.14. The number of benzene rings is 1. The number of hydrogen-bond donors (Lipinski definition) is 1. The molecule has 2 unspecified atom stereocenters. The van der Waals surface area contributed by atoms with Gasteiger partial charge in [0.1, 0.15) is 12.7 Å². The summed E-state index contributed by atoms with van der Waals surface area (Å²) in [5.41, 5.74) is 0.848. The molecule has 0 heterocycles. The third-order valence-electron chi connectivity index (χ3n) is 3.91. The number of hydrogen-bond acceptors (Lipinski definition) is 5. The number of unbranched alkanes of at least 4 members (excludes halogenated alkanes) is 1. The monoisotopic (exact) mass is 350 g/mol. The quantitative estimate of drug-likeness (QED) is 0.581. The average molecular weight is 350 g/mol. The van der Waals surface area contributed by atoms with Crippen molar-refractivity contribution in [3.05, 3.63) is 35.9 Å². The summed E-state index contributed by atoms with van der Waals surface area (Å²) in [6.07, 6.45) is 3.38. The summed E-state index contributed by atoms with van der Waals surface area (Å²) < 4.78 is 10.5. The standard InChI is InChI=1S/C20H30O5/c1-3-5-12-17(9-4-2)25-19(22)14-13-18(21)20(23)24-15-16-10-7-6-8-11-16/h6-8,10-11,17-18,21H,3-5,9,12-15H2,1-2H3. The molecule has 0 fully saturated rings. The second-order valence-electron chi connectivity index (χ2n) is 6.19. The smallest absolute Gasteiger partial charge is 0.335 e. The maximum atomic E-state index is 11.9. The molecule has 1 aromatic carbocycles. The Morgan fingerprint density at radius 1 is 1.04 bits per heavy atom. The van der Waals surface area contributed by atoms with Crippen LogP contribution in [0.25, 0.3) is 0 Å². The zero-order valence-electron chi connectivity index (χ0n) is 15.3. The molecule has 1 N–H and O–H groups in total. The van der Waals surface area contributed by atoms with E-state index in [1.165, 1.54) is 0 Å². The molecular formula is C20H30O5. The van der Waals surface area contributed by atoms with E-state index in [0.29, 0.717) is 0 Å². The number of carbonyl (C=O) groups excluding carboxylic acids is 2. The number of aliphatic hydroxyl groups is 1. The summed E-state index contributed by atoms with van der Waals surface area (Å²) in [7, 11) is 0. The lowest BCUT2D eigenvalue weighted by Gasteiger charge is -2.17. The van der Waals surface area contributed by atoms with Crippen molar-refractivity contribution in [1.82, 2.24) is 0 Å². The van der Waals surface area contributed by atoms with Crippen LogP contribution in [0.15, 0.2) is 30.3 Å². The topological polar surface area (TPSA) is 72.8 Å². The van der Waals surface area contributed by atoms with Crippen molar-refractivity contribution >= 4 is 11.9 Å². The lowest BCUT2D eigenvalue weighted by Crippen LogP contribution is -2.25. The van der Waals surface area contributed by atoms with Crippen molar-refractivity contribution < 1.29 is 24.2 Å². The van der Waals surface area contributed by atoms with Crippen molar-refractivity contribution in [1.29, 1.82) is 0 Å². The lowest BCUT2D eigenvalue weighted by atomic mass is 10.1. The molecule has 0 saturated heterocycles. The Hall–Kier alpha value is -1.88. The second kappa shape index (κ2) is 12.5. The zero-order chi connectivity index (χ0) is 18.5. The van der Waals surface area contributed by atoms with Crippen LogP contribution in [0.3, 0.4) is 0 Å². The van der Waals surface area contributed by atoms with Gasteiger partial charge in [0.2, 0.25) is 0 Å².